The molecule has 0 saturated carbocycles. The van der Waals surface area contributed by atoms with Crippen molar-refractivity contribution >= 4 is 11.6 Å². The molecule has 1 amide bonds. The summed E-state index contributed by atoms with van der Waals surface area (Å²) in [6.45, 7) is 6.47. The standard InChI is InChI=1S/C20H22FN3O/c1-13-4-3-5-17(14(13)2)15-8-19-18(22-10-15)9-20(25)24(19)7-6-23-11-16(21)12-23/h3-5,8,10,16H,6-7,9,11-12H2,1-2H3. The number of amides is 1. The molecule has 3 heterocycles. The van der Waals surface area contributed by atoms with Gasteiger partial charge in [-0.15, -0.1) is 0 Å². The number of benzene rings is 1. The molecule has 2 aliphatic rings. The molecular formula is C20H22FN3O. The molecule has 0 N–H and O–H groups in total. The molecule has 1 fully saturated rings. The number of carbonyl (C=O) groups excluding carboxylic acids is 1. The Morgan fingerprint density at radius 1 is 1.24 bits per heavy atom. The Hall–Kier alpha value is -2.27. The number of likely N-dealkylation sites (tertiary alicyclic amines) is 1. The third-order valence-electron chi connectivity index (χ3n) is 5.33. The lowest BCUT2D eigenvalue weighted by atomic mass is 9.98. The van der Waals surface area contributed by atoms with Crippen molar-refractivity contribution in [3.8, 4) is 11.1 Å². The molecule has 0 bridgehead atoms. The summed E-state index contributed by atoms with van der Waals surface area (Å²) in [7, 11) is 0. The molecule has 0 unspecified atom stereocenters. The number of anilines is 1. The average molecular weight is 339 g/mol. The second-order valence-electron chi connectivity index (χ2n) is 7.02. The highest BCUT2D eigenvalue weighted by atomic mass is 19.1. The molecule has 25 heavy (non-hydrogen) atoms. The molecule has 1 aromatic heterocycles. The van der Waals surface area contributed by atoms with Gasteiger partial charge >= 0.3 is 0 Å². The van der Waals surface area contributed by atoms with E-state index in [1.54, 1.807) is 0 Å². The zero-order valence-electron chi connectivity index (χ0n) is 14.6. The number of rotatable bonds is 4. The second-order valence-corrected chi connectivity index (χ2v) is 7.02. The summed E-state index contributed by atoms with van der Waals surface area (Å²) in [6, 6.07) is 8.31. The number of hydrogen-bond donors (Lipinski definition) is 0. The van der Waals surface area contributed by atoms with Crippen LogP contribution in [0.3, 0.4) is 0 Å². The summed E-state index contributed by atoms with van der Waals surface area (Å²) in [4.78, 5) is 20.8. The van der Waals surface area contributed by atoms with Crippen LogP contribution in [0, 0.1) is 13.8 Å². The first-order valence-corrected chi connectivity index (χ1v) is 8.75. The molecule has 0 aliphatic carbocycles. The van der Waals surface area contributed by atoms with Gasteiger partial charge in [-0.3, -0.25) is 14.7 Å². The Balaban J connectivity index is 1.60. The van der Waals surface area contributed by atoms with Crippen LogP contribution in [-0.2, 0) is 11.2 Å². The lowest BCUT2D eigenvalue weighted by Crippen LogP contribution is -2.51. The van der Waals surface area contributed by atoms with Crippen LogP contribution in [0.25, 0.3) is 11.1 Å². The molecule has 0 spiro atoms. The van der Waals surface area contributed by atoms with Gasteiger partial charge in [0.25, 0.3) is 0 Å². The largest absolute Gasteiger partial charge is 0.309 e. The average Bonchev–Trinajstić information content (AvgIpc) is 2.88. The van der Waals surface area contributed by atoms with Gasteiger partial charge in [0, 0.05) is 37.9 Å². The van der Waals surface area contributed by atoms with Crippen molar-refractivity contribution in [3.05, 3.63) is 47.3 Å². The Kier molecular flexibility index (Phi) is 4.04. The van der Waals surface area contributed by atoms with Gasteiger partial charge in [0.05, 0.1) is 17.8 Å². The Morgan fingerprint density at radius 2 is 2.04 bits per heavy atom. The first-order valence-electron chi connectivity index (χ1n) is 8.75. The van der Waals surface area contributed by atoms with Crippen LogP contribution in [0.4, 0.5) is 10.1 Å². The minimum atomic E-state index is -0.709. The summed E-state index contributed by atoms with van der Waals surface area (Å²) in [5.41, 5.74) is 6.40. The molecule has 2 aliphatic heterocycles. The van der Waals surface area contributed by atoms with Gasteiger partial charge in [-0.25, -0.2) is 4.39 Å². The summed E-state index contributed by atoms with van der Waals surface area (Å²) < 4.78 is 13.0. The number of hydrogen-bond acceptors (Lipinski definition) is 3. The second kappa shape index (κ2) is 6.23. The predicted molar refractivity (Wildman–Crippen MR) is 96.5 cm³/mol. The van der Waals surface area contributed by atoms with E-state index >= 15 is 0 Å². The van der Waals surface area contributed by atoms with Crippen molar-refractivity contribution in [2.45, 2.75) is 26.4 Å². The normalized spacial score (nSPS) is 17.7. The number of aryl methyl sites for hydroxylation is 1. The highest BCUT2D eigenvalue weighted by Crippen LogP contribution is 2.33. The molecule has 4 nitrogen and oxygen atoms in total. The first-order chi connectivity index (χ1) is 12.0. The minimum absolute atomic E-state index is 0.0814. The molecule has 0 radical (unpaired) electrons. The number of alkyl halides is 1. The zero-order chi connectivity index (χ0) is 17.6. The number of nitrogens with zero attached hydrogens (tertiary/aromatic N) is 3. The van der Waals surface area contributed by atoms with E-state index in [9.17, 15) is 9.18 Å². The molecule has 130 valence electrons. The summed E-state index contributed by atoms with van der Waals surface area (Å²) in [5.74, 6) is 0.0814. The smallest absolute Gasteiger partial charge is 0.233 e. The first kappa shape index (κ1) is 16.2. The van der Waals surface area contributed by atoms with Crippen LogP contribution < -0.4 is 4.90 Å². The molecular weight excluding hydrogens is 317 g/mol. The molecule has 1 saturated heterocycles. The minimum Gasteiger partial charge on any atom is -0.309 e. The van der Waals surface area contributed by atoms with E-state index < -0.39 is 6.17 Å². The van der Waals surface area contributed by atoms with Gasteiger partial charge < -0.3 is 4.90 Å². The maximum Gasteiger partial charge on any atom is 0.233 e. The number of fused-ring (bicyclic) bond motifs is 1. The highest BCUT2D eigenvalue weighted by molar-refractivity contribution is 6.01. The Morgan fingerprint density at radius 3 is 2.80 bits per heavy atom. The zero-order valence-corrected chi connectivity index (χ0v) is 14.6. The Labute approximate surface area is 147 Å². The third-order valence-corrected chi connectivity index (χ3v) is 5.33. The summed E-state index contributed by atoms with van der Waals surface area (Å²) >= 11 is 0. The quantitative estimate of drug-likeness (QED) is 0.859. The van der Waals surface area contributed by atoms with E-state index in [2.05, 4.69) is 37.0 Å². The van der Waals surface area contributed by atoms with Crippen LogP contribution in [0.2, 0.25) is 0 Å². The van der Waals surface area contributed by atoms with Crippen LogP contribution in [0.1, 0.15) is 16.8 Å². The van der Waals surface area contributed by atoms with Crippen molar-refractivity contribution in [1.82, 2.24) is 9.88 Å². The number of pyridine rings is 1. The van der Waals surface area contributed by atoms with Gasteiger partial charge in [-0.1, -0.05) is 18.2 Å². The monoisotopic (exact) mass is 339 g/mol. The van der Waals surface area contributed by atoms with E-state index in [0.29, 0.717) is 32.6 Å². The highest BCUT2D eigenvalue weighted by Gasteiger charge is 2.31. The van der Waals surface area contributed by atoms with Gasteiger partial charge in [-0.2, -0.15) is 0 Å². The van der Waals surface area contributed by atoms with Gasteiger partial charge in [0.2, 0.25) is 5.91 Å². The summed E-state index contributed by atoms with van der Waals surface area (Å²) in [5, 5.41) is 0. The number of halogens is 1. The summed E-state index contributed by atoms with van der Waals surface area (Å²) in [6.07, 6.45) is 1.51. The van der Waals surface area contributed by atoms with E-state index in [4.69, 9.17) is 0 Å². The number of aromatic nitrogens is 1. The van der Waals surface area contributed by atoms with E-state index in [0.717, 1.165) is 22.5 Å². The lowest BCUT2D eigenvalue weighted by Gasteiger charge is -2.35. The van der Waals surface area contributed by atoms with Crippen molar-refractivity contribution < 1.29 is 9.18 Å². The van der Waals surface area contributed by atoms with E-state index in [1.165, 1.54) is 11.1 Å². The van der Waals surface area contributed by atoms with Crippen molar-refractivity contribution in [3.63, 3.8) is 0 Å². The molecule has 1 aromatic carbocycles. The van der Waals surface area contributed by atoms with Crippen molar-refractivity contribution in [1.29, 1.82) is 0 Å². The van der Waals surface area contributed by atoms with Crippen LogP contribution in [0.5, 0.6) is 0 Å². The molecule has 0 atom stereocenters. The van der Waals surface area contributed by atoms with Gasteiger partial charge in [0.1, 0.15) is 6.17 Å². The van der Waals surface area contributed by atoms with Crippen LogP contribution >= 0.6 is 0 Å². The Bertz CT molecular complexity index is 830. The maximum atomic E-state index is 13.0. The molecule has 5 heteroatoms. The van der Waals surface area contributed by atoms with E-state index in [1.807, 2.05) is 22.1 Å². The topological polar surface area (TPSA) is 36.4 Å². The third kappa shape index (κ3) is 2.93. The predicted octanol–water partition coefficient (Wildman–Crippen LogP) is 2.91. The molecule has 2 aromatic rings. The van der Waals surface area contributed by atoms with Gasteiger partial charge in [-0.05, 0) is 36.6 Å². The maximum absolute atomic E-state index is 13.0. The fourth-order valence-corrected chi connectivity index (χ4v) is 3.61. The fraction of sp³-hybridized carbons (Fsp3) is 0.400. The van der Waals surface area contributed by atoms with Crippen LogP contribution in [-0.4, -0.2) is 48.1 Å². The fourth-order valence-electron chi connectivity index (χ4n) is 3.61. The SMILES string of the molecule is Cc1cccc(-c2cnc3c(c2)N(CCN2CC(F)C2)C(=O)C3)c1C. The van der Waals surface area contributed by atoms with Crippen molar-refractivity contribution in [2.24, 2.45) is 0 Å². The van der Waals surface area contributed by atoms with Gasteiger partial charge in [0.15, 0.2) is 0 Å². The van der Waals surface area contributed by atoms with E-state index in [-0.39, 0.29) is 5.91 Å². The molecule has 4 rings (SSSR count). The van der Waals surface area contributed by atoms with Crippen LogP contribution in [0.15, 0.2) is 30.5 Å². The number of carbonyl (C=O) groups is 1. The van der Waals surface area contributed by atoms with Crippen molar-refractivity contribution in [2.75, 3.05) is 31.1 Å². The lowest BCUT2D eigenvalue weighted by molar-refractivity contribution is -0.117.